The minimum Gasteiger partial charge on any atom is -0.431 e. The predicted molar refractivity (Wildman–Crippen MR) is 79.4 cm³/mol. The minimum atomic E-state index is -0.371. The average Bonchev–Trinajstić information content (AvgIpc) is 2.34. The average molecular weight is 294 g/mol. The van der Waals surface area contributed by atoms with E-state index in [1.54, 1.807) is 29.0 Å². The lowest BCUT2D eigenvalue weighted by atomic mass is 10.1. The highest BCUT2D eigenvalue weighted by Crippen LogP contribution is 2.33. The molecule has 0 bridgehead atoms. The topological polar surface area (TPSA) is 70.1 Å². The van der Waals surface area contributed by atoms with Gasteiger partial charge in [0.15, 0.2) is 5.75 Å². The number of ether oxygens (including phenoxy) is 1. The number of halogens is 1. The summed E-state index contributed by atoms with van der Waals surface area (Å²) in [5.41, 5.74) is 5.44. The van der Waals surface area contributed by atoms with Crippen LogP contribution in [0.3, 0.4) is 0 Å². The van der Waals surface area contributed by atoms with E-state index in [4.69, 9.17) is 22.1 Å². The summed E-state index contributed by atoms with van der Waals surface area (Å²) in [5.74, 6) is 0.188. The molecule has 2 rings (SSSR count). The number of nitrogens with zero attached hydrogens (tertiary/aromatic N) is 2. The zero-order valence-corrected chi connectivity index (χ0v) is 12.3. The maximum Gasteiger partial charge on any atom is 0.314 e. The first-order valence-electron chi connectivity index (χ1n) is 6.10. The molecule has 0 unspecified atom stereocenters. The van der Waals surface area contributed by atoms with Crippen LogP contribution in [-0.2, 0) is 5.54 Å². The molecule has 1 heterocycles. The fraction of sp³-hybridized carbons (Fsp3) is 0.286. The molecule has 5 nitrogen and oxygen atoms in total. The minimum absolute atomic E-state index is 0.0535. The van der Waals surface area contributed by atoms with Crippen LogP contribution in [0.4, 0.5) is 5.69 Å². The van der Waals surface area contributed by atoms with Crippen molar-refractivity contribution in [3.63, 3.8) is 0 Å². The molecule has 2 N–H and O–H groups in total. The molecule has 0 fully saturated rings. The first-order chi connectivity index (χ1) is 9.30. The maximum absolute atomic E-state index is 12.3. The van der Waals surface area contributed by atoms with Gasteiger partial charge in [0.05, 0.1) is 10.7 Å². The van der Waals surface area contributed by atoms with E-state index in [9.17, 15) is 4.79 Å². The lowest BCUT2D eigenvalue weighted by molar-refractivity contribution is 0.363. The van der Waals surface area contributed by atoms with Crippen molar-refractivity contribution in [2.45, 2.75) is 26.3 Å². The molecule has 1 aromatic heterocycles. The van der Waals surface area contributed by atoms with Crippen molar-refractivity contribution in [1.82, 2.24) is 9.55 Å². The van der Waals surface area contributed by atoms with Crippen LogP contribution in [0.1, 0.15) is 20.8 Å². The Kier molecular flexibility index (Phi) is 3.72. The predicted octanol–water partition coefficient (Wildman–Crippen LogP) is 3.03. The van der Waals surface area contributed by atoms with Crippen LogP contribution in [0.5, 0.6) is 11.6 Å². The Morgan fingerprint density at radius 1 is 1.35 bits per heavy atom. The first-order valence-corrected chi connectivity index (χ1v) is 6.48. The molecular formula is C14H16ClN3O2. The number of nitrogen functional groups attached to an aromatic ring is 1. The highest BCUT2D eigenvalue weighted by molar-refractivity contribution is 6.32. The molecule has 0 aliphatic rings. The van der Waals surface area contributed by atoms with Gasteiger partial charge in [0, 0.05) is 17.9 Å². The third-order valence-corrected chi connectivity index (χ3v) is 3.03. The fourth-order valence-electron chi connectivity index (χ4n) is 1.72. The number of rotatable bonds is 2. The second-order valence-electron chi connectivity index (χ2n) is 5.34. The Morgan fingerprint density at radius 2 is 2.05 bits per heavy atom. The number of hydrogen-bond donors (Lipinski definition) is 1. The Balaban J connectivity index is 2.48. The number of aromatic nitrogens is 2. The van der Waals surface area contributed by atoms with Crippen molar-refractivity contribution < 1.29 is 4.74 Å². The number of nitrogens with two attached hydrogens (primary N) is 1. The normalized spacial score (nSPS) is 11.4. The van der Waals surface area contributed by atoms with Gasteiger partial charge in [0.2, 0.25) is 0 Å². The van der Waals surface area contributed by atoms with Gasteiger partial charge in [-0.05, 0) is 32.9 Å². The first kappa shape index (κ1) is 14.4. The summed E-state index contributed by atoms with van der Waals surface area (Å²) in [4.78, 5) is 16.3. The molecule has 6 heteroatoms. The van der Waals surface area contributed by atoms with Crippen LogP contribution in [0.2, 0.25) is 5.02 Å². The fourth-order valence-corrected chi connectivity index (χ4v) is 1.94. The summed E-state index contributed by atoms with van der Waals surface area (Å²) >= 11 is 6.02. The third-order valence-electron chi connectivity index (χ3n) is 2.73. The summed E-state index contributed by atoms with van der Waals surface area (Å²) in [6, 6.07) is 4.99. The molecule has 0 aliphatic heterocycles. The highest BCUT2D eigenvalue weighted by atomic mass is 35.5. The summed E-state index contributed by atoms with van der Waals surface area (Å²) in [6.45, 7) is 5.76. The summed E-state index contributed by atoms with van der Waals surface area (Å²) < 4.78 is 7.05. The van der Waals surface area contributed by atoms with Crippen molar-refractivity contribution in [2.75, 3.05) is 5.73 Å². The quantitative estimate of drug-likeness (QED) is 0.864. The number of hydrogen-bond acceptors (Lipinski definition) is 4. The molecule has 0 amide bonds. The number of para-hydroxylation sites is 1. The van der Waals surface area contributed by atoms with Gasteiger partial charge in [-0.1, -0.05) is 17.7 Å². The van der Waals surface area contributed by atoms with Crippen LogP contribution in [-0.4, -0.2) is 9.55 Å². The molecule has 1 aromatic carbocycles. The van der Waals surface area contributed by atoms with Crippen LogP contribution in [0.25, 0.3) is 0 Å². The van der Waals surface area contributed by atoms with Crippen LogP contribution < -0.4 is 16.0 Å². The Labute approximate surface area is 122 Å². The molecule has 0 radical (unpaired) electrons. The smallest absolute Gasteiger partial charge is 0.314 e. The van der Waals surface area contributed by atoms with Crippen LogP contribution >= 0.6 is 11.6 Å². The summed E-state index contributed by atoms with van der Waals surface area (Å²) in [5, 5.41) is 0.331. The van der Waals surface area contributed by atoms with E-state index in [1.165, 1.54) is 6.20 Å². The van der Waals surface area contributed by atoms with Gasteiger partial charge >= 0.3 is 5.56 Å². The second kappa shape index (κ2) is 5.17. The van der Waals surface area contributed by atoms with E-state index in [0.717, 1.165) is 0 Å². The summed E-state index contributed by atoms with van der Waals surface area (Å²) in [6.07, 6.45) is 3.13. The molecule has 2 aromatic rings. The van der Waals surface area contributed by atoms with Gasteiger partial charge in [-0.15, -0.1) is 0 Å². The van der Waals surface area contributed by atoms with Crippen molar-refractivity contribution in [3.05, 3.63) is 46.0 Å². The Hall–Kier alpha value is -2.01. The highest BCUT2D eigenvalue weighted by Gasteiger charge is 2.18. The van der Waals surface area contributed by atoms with E-state index in [2.05, 4.69) is 4.98 Å². The van der Waals surface area contributed by atoms with Gasteiger partial charge in [-0.2, -0.15) is 0 Å². The molecular weight excluding hydrogens is 278 g/mol. The molecule has 106 valence electrons. The Morgan fingerprint density at radius 3 is 2.65 bits per heavy atom. The largest absolute Gasteiger partial charge is 0.431 e. The van der Waals surface area contributed by atoms with Crippen molar-refractivity contribution >= 4 is 17.3 Å². The lowest BCUT2D eigenvalue weighted by Crippen LogP contribution is -2.34. The third kappa shape index (κ3) is 2.77. The van der Waals surface area contributed by atoms with Gasteiger partial charge in [0.1, 0.15) is 0 Å². The molecule has 0 atom stereocenters. The number of anilines is 1. The SMILES string of the molecule is CC(C)(C)n1ccnc(Oc2c(N)cccc2Cl)c1=O. The Bertz CT molecular complexity index is 669. The van der Waals surface area contributed by atoms with E-state index in [1.807, 2.05) is 20.8 Å². The molecule has 0 saturated carbocycles. The van der Waals surface area contributed by atoms with E-state index in [0.29, 0.717) is 10.7 Å². The van der Waals surface area contributed by atoms with E-state index >= 15 is 0 Å². The molecule has 20 heavy (non-hydrogen) atoms. The van der Waals surface area contributed by atoms with Crippen LogP contribution in [0.15, 0.2) is 35.4 Å². The van der Waals surface area contributed by atoms with Gasteiger partial charge in [-0.25, -0.2) is 4.98 Å². The zero-order chi connectivity index (χ0) is 14.9. The van der Waals surface area contributed by atoms with Crippen molar-refractivity contribution in [1.29, 1.82) is 0 Å². The van der Waals surface area contributed by atoms with Crippen molar-refractivity contribution in [2.24, 2.45) is 0 Å². The monoisotopic (exact) mass is 293 g/mol. The summed E-state index contributed by atoms with van der Waals surface area (Å²) in [7, 11) is 0. The van der Waals surface area contributed by atoms with Gasteiger partial charge in [0.25, 0.3) is 5.88 Å². The lowest BCUT2D eigenvalue weighted by Gasteiger charge is -2.22. The molecule has 0 spiro atoms. The number of benzene rings is 1. The molecule has 0 saturated heterocycles. The van der Waals surface area contributed by atoms with E-state index < -0.39 is 0 Å². The van der Waals surface area contributed by atoms with Crippen LogP contribution in [0, 0.1) is 0 Å². The van der Waals surface area contributed by atoms with Gasteiger partial charge < -0.3 is 15.0 Å². The standard InChI is InChI=1S/C14H16ClN3O2/c1-14(2,3)18-8-7-17-12(13(18)19)20-11-9(15)5-4-6-10(11)16/h4-8H,16H2,1-3H3. The van der Waals surface area contributed by atoms with Gasteiger partial charge in [-0.3, -0.25) is 4.79 Å². The zero-order valence-electron chi connectivity index (χ0n) is 11.6. The second-order valence-corrected chi connectivity index (χ2v) is 5.75. The molecule has 0 aliphatic carbocycles. The maximum atomic E-state index is 12.3. The van der Waals surface area contributed by atoms with E-state index in [-0.39, 0.29) is 22.7 Å². The van der Waals surface area contributed by atoms with Crippen molar-refractivity contribution in [3.8, 4) is 11.6 Å².